The summed E-state index contributed by atoms with van der Waals surface area (Å²) in [4.78, 5) is 2.09. The third-order valence-corrected chi connectivity index (χ3v) is 6.06. The Balaban J connectivity index is 0.00000341. The number of hydrogen-bond donors (Lipinski definition) is 3. The normalized spacial score (nSPS) is 12.6. The number of nitrogens with two attached hydrogens (primary N) is 1. The minimum Gasteiger partial charge on any atom is -0.489 e. The van der Waals surface area contributed by atoms with Gasteiger partial charge >= 0.3 is 0 Å². The van der Waals surface area contributed by atoms with Crippen LogP contribution in [0.1, 0.15) is 17.5 Å². The molecule has 0 aliphatic rings. The van der Waals surface area contributed by atoms with E-state index in [0.29, 0.717) is 24.5 Å². The highest BCUT2D eigenvalue weighted by Gasteiger charge is 2.14. The number of hydrogen-bond acceptors (Lipinski definition) is 5. The first-order valence-corrected chi connectivity index (χ1v) is 11.0. The van der Waals surface area contributed by atoms with Crippen molar-refractivity contribution in [1.82, 2.24) is 0 Å². The van der Waals surface area contributed by atoms with Crippen LogP contribution < -0.4 is 10.5 Å². The van der Waals surface area contributed by atoms with Crippen molar-refractivity contribution in [3.63, 3.8) is 0 Å². The maximum Gasteiger partial charge on any atom is 0.120 e. The number of aliphatic hydroxyl groups is 2. The average Bonchev–Trinajstić information content (AvgIpc) is 2.77. The van der Waals surface area contributed by atoms with Crippen LogP contribution in [0.2, 0.25) is 5.02 Å². The van der Waals surface area contributed by atoms with Gasteiger partial charge in [0.05, 0.1) is 18.8 Å². The van der Waals surface area contributed by atoms with E-state index in [-0.39, 0.29) is 19.0 Å². The molecule has 0 bridgehead atoms. The van der Waals surface area contributed by atoms with Gasteiger partial charge in [-0.1, -0.05) is 65.8 Å². The second-order valence-electron chi connectivity index (χ2n) is 7.06. The molecule has 3 aromatic rings. The summed E-state index contributed by atoms with van der Waals surface area (Å²) in [7, 11) is 0. The van der Waals surface area contributed by atoms with Gasteiger partial charge in [-0.25, -0.2) is 0 Å². The molecule has 2 unspecified atom stereocenters. The molecule has 7 heteroatoms. The summed E-state index contributed by atoms with van der Waals surface area (Å²) in [6, 6.07) is 23.3. The van der Waals surface area contributed by atoms with Crippen LogP contribution in [0.5, 0.6) is 5.75 Å². The van der Waals surface area contributed by atoms with Crippen LogP contribution in [0.4, 0.5) is 0 Å². The van der Waals surface area contributed by atoms with Crippen LogP contribution in [0.25, 0.3) is 0 Å². The Morgan fingerprint density at radius 2 is 1.71 bits per heavy atom. The molecule has 0 fully saturated rings. The van der Waals surface area contributed by atoms with E-state index in [1.165, 1.54) is 0 Å². The highest BCUT2D eigenvalue weighted by atomic mass is 35.5. The van der Waals surface area contributed by atoms with Crippen molar-refractivity contribution in [3.8, 4) is 5.75 Å². The van der Waals surface area contributed by atoms with Crippen LogP contribution in [-0.4, -0.2) is 29.0 Å². The van der Waals surface area contributed by atoms with Crippen LogP contribution in [0.15, 0.2) is 82.6 Å². The lowest BCUT2D eigenvalue weighted by Crippen LogP contribution is -2.38. The van der Waals surface area contributed by atoms with E-state index in [1.807, 2.05) is 72.8 Å². The van der Waals surface area contributed by atoms with E-state index in [9.17, 15) is 5.11 Å². The van der Waals surface area contributed by atoms with Crippen molar-refractivity contribution in [3.05, 3.63) is 88.9 Å². The van der Waals surface area contributed by atoms with E-state index in [2.05, 4.69) is 0 Å². The predicted molar refractivity (Wildman–Crippen MR) is 129 cm³/mol. The van der Waals surface area contributed by atoms with E-state index in [0.717, 1.165) is 26.7 Å². The third-order valence-electron chi connectivity index (χ3n) is 4.73. The molecule has 3 rings (SSSR count). The monoisotopic (exact) mass is 479 g/mol. The molecule has 0 aromatic heterocycles. The van der Waals surface area contributed by atoms with Crippen molar-refractivity contribution in [2.45, 2.75) is 41.4 Å². The predicted octanol–water partition coefficient (Wildman–Crippen LogP) is 5.11. The van der Waals surface area contributed by atoms with Crippen LogP contribution in [-0.2, 0) is 13.0 Å². The lowest BCUT2D eigenvalue weighted by Gasteiger charge is -2.16. The number of aliphatic hydroxyl groups excluding tert-OH is 2. The molecule has 0 amide bonds. The molecule has 0 heterocycles. The summed E-state index contributed by atoms with van der Waals surface area (Å²) in [5, 5.41) is 19.6. The van der Waals surface area contributed by atoms with Crippen molar-refractivity contribution in [2.24, 2.45) is 5.73 Å². The summed E-state index contributed by atoms with van der Waals surface area (Å²) in [6.45, 7) is 0.292. The van der Waals surface area contributed by atoms with Gasteiger partial charge in [0.1, 0.15) is 12.4 Å². The molecule has 0 spiro atoms. The van der Waals surface area contributed by atoms with Gasteiger partial charge in [0.2, 0.25) is 0 Å². The molecule has 3 aromatic carbocycles. The van der Waals surface area contributed by atoms with Crippen LogP contribution in [0.3, 0.4) is 0 Å². The van der Waals surface area contributed by atoms with E-state index >= 15 is 0 Å². The molecule has 0 saturated heterocycles. The Bertz CT molecular complexity index is 943. The highest BCUT2D eigenvalue weighted by Crippen LogP contribution is 2.33. The quantitative estimate of drug-likeness (QED) is 0.376. The number of benzene rings is 3. The maximum absolute atomic E-state index is 9.92. The molecule has 0 radical (unpaired) electrons. The van der Waals surface area contributed by atoms with Crippen LogP contribution in [0, 0.1) is 0 Å². The summed E-state index contributed by atoms with van der Waals surface area (Å²) in [6.07, 6.45) is 0.301. The Morgan fingerprint density at radius 3 is 2.42 bits per heavy atom. The SMILES string of the molecule is Cl.NC(CO)C(O)CCc1ccc(Sc2cccc(OCc3ccccc3)c2)cc1Cl. The molecule has 166 valence electrons. The molecule has 0 aliphatic heterocycles. The molecule has 31 heavy (non-hydrogen) atoms. The molecule has 0 aliphatic carbocycles. The number of ether oxygens (including phenoxy) is 1. The Labute approximate surface area is 198 Å². The zero-order chi connectivity index (χ0) is 21.3. The Morgan fingerprint density at radius 1 is 0.968 bits per heavy atom. The second kappa shape index (κ2) is 13.0. The zero-order valence-electron chi connectivity index (χ0n) is 17.0. The summed E-state index contributed by atoms with van der Waals surface area (Å²) in [5.74, 6) is 0.820. The second-order valence-corrected chi connectivity index (χ2v) is 8.61. The molecule has 2 atom stereocenters. The average molecular weight is 480 g/mol. The highest BCUT2D eigenvalue weighted by molar-refractivity contribution is 7.99. The van der Waals surface area contributed by atoms with E-state index < -0.39 is 12.1 Å². The van der Waals surface area contributed by atoms with Gasteiger partial charge in [-0.05, 0) is 54.3 Å². The van der Waals surface area contributed by atoms with Crippen molar-refractivity contribution in [1.29, 1.82) is 0 Å². The Kier molecular flexibility index (Phi) is 10.7. The van der Waals surface area contributed by atoms with Crippen molar-refractivity contribution < 1.29 is 14.9 Å². The fourth-order valence-electron chi connectivity index (χ4n) is 2.94. The largest absolute Gasteiger partial charge is 0.489 e. The zero-order valence-corrected chi connectivity index (χ0v) is 19.4. The van der Waals surface area contributed by atoms with Gasteiger partial charge in [0.15, 0.2) is 0 Å². The van der Waals surface area contributed by atoms with Crippen molar-refractivity contribution >= 4 is 35.8 Å². The first-order valence-electron chi connectivity index (χ1n) is 9.82. The molecule has 4 nitrogen and oxygen atoms in total. The fourth-order valence-corrected chi connectivity index (χ4v) is 4.18. The van der Waals surface area contributed by atoms with Gasteiger partial charge in [0, 0.05) is 14.8 Å². The fraction of sp³-hybridized carbons (Fsp3) is 0.250. The molecular formula is C24H27Cl2NO3S. The van der Waals surface area contributed by atoms with Gasteiger partial charge < -0.3 is 20.7 Å². The first-order chi connectivity index (χ1) is 14.5. The maximum atomic E-state index is 9.92. The van der Waals surface area contributed by atoms with Gasteiger partial charge in [-0.2, -0.15) is 0 Å². The smallest absolute Gasteiger partial charge is 0.120 e. The molecule has 4 N–H and O–H groups in total. The molecule has 0 saturated carbocycles. The van der Waals surface area contributed by atoms with Crippen LogP contribution >= 0.6 is 35.8 Å². The lowest BCUT2D eigenvalue weighted by molar-refractivity contribution is 0.102. The number of rotatable bonds is 10. The summed E-state index contributed by atoms with van der Waals surface area (Å²) < 4.78 is 5.91. The summed E-state index contributed by atoms with van der Waals surface area (Å²) in [5.41, 5.74) is 7.73. The third kappa shape index (κ3) is 8.04. The Hall–Kier alpha value is -1.73. The topological polar surface area (TPSA) is 75.7 Å². The number of aryl methyl sites for hydroxylation is 1. The summed E-state index contributed by atoms with van der Waals surface area (Å²) >= 11 is 8.05. The van der Waals surface area contributed by atoms with Gasteiger partial charge in [0.25, 0.3) is 0 Å². The minimum absolute atomic E-state index is 0. The van der Waals surface area contributed by atoms with E-state index in [1.54, 1.807) is 11.8 Å². The number of halogens is 2. The minimum atomic E-state index is -0.751. The molecular weight excluding hydrogens is 453 g/mol. The first kappa shape index (κ1) is 25.5. The van der Waals surface area contributed by atoms with Gasteiger partial charge in [-0.3, -0.25) is 0 Å². The standard InChI is InChI=1S/C24H26ClNO3S.ClH/c25-22-14-21(11-9-18(22)10-12-24(28)23(26)15-27)30-20-8-4-7-19(13-20)29-16-17-5-2-1-3-6-17;/h1-9,11,13-14,23-24,27-28H,10,12,15-16,26H2;1H. The van der Waals surface area contributed by atoms with E-state index in [4.69, 9.17) is 27.2 Å². The lowest BCUT2D eigenvalue weighted by atomic mass is 10.0. The van der Waals surface area contributed by atoms with Crippen molar-refractivity contribution in [2.75, 3.05) is 6.61 Å². The van der Waals surface area contributed by atoms with Gasteiger partial charge in [-0.15, -0.1) is 12.4 Å².